The summed E-state index contributed by atoms with van der Waals surface area (Å²) < 4.78 is 0. The van der Waals surface area contributed by atoms with Crippen molar-refractivity contribution in [1.29, 1.82) is 0 Å². The first kappa shape index (κ1) is 15.6. The number of hydrogen-bond acceptors (Lipinski definition) is 1. The lowest BCUT2D eigenvalue weighted by molar-refractivity contribution is 0.299. The van der Waals surface area contributed by atoms with Gasteiger partial charge >= 0.3 is 0 Å². The molecule has 0 heterocycles. The molecule has 1 aromatic carbocycles. The van der Waals surface area contributed by atoms with Gasteiger partial charge in [0.05, 0.1) is 0 Å². The molecule has 0 radical (unpaired) electrons. The Morgan fingerprint density at radius 1 is 1.00 bits per heavy atom. The van der Waals surface area contributed by atoms with Crippen LogP contribution in [0.4, 0.5) is 0 Å². The summed E-state index contributed by atoms with van der Waals surface area (Å²) in [7, 11) is 0. The number of aliphatic hydroxyl groups excluding tert-OH is 1. The van der Waals surface area contributed by atoms with Crippen LogP contribution in [0.3, 0.4) is 0 Å². The van der Waals surface area contributed by atoms with Crippen molar-refractivity contribution in [2.45, 2.75) is 70.6 Å². The largest absolute Gasteiger partial charge is 0.396 e. The summed E-state index contributed by atoms with van der Waals surface area (Å²) in [6.45, 7) is 2.54. The molecule has 1 fully saturated rings. The van der Waals surface area contributed by atoms with Gasteiger partial charge in [0.25, 0.3) is 0 Å². The highest BCUT2D eigenvalue weighted by Crippen LogP contribution is 2.37. The van der Waals surface area contributed by atoms with Crippen LogP contribution >= 0.6 is 0 Å². The van der Waals surface area contributed by atoms with Crippen molar-refractivity contribution in [2.24, 2.45) is 5.92 Å². The van der Waals surface area contributed by atoms with Gasteiger partial charge in [-0.1, -0.05) is 56.9 Å². The molecule has 0 aromatic heterocycles. The van der Waals surface area contributed by atoms with E-state index in [0.717, 1.165) is 18.3 Å². The van der Waals surface area contributed by atoms with Crippen LogP contribution in [0.25, 0.3) is 0 Å². The zero-order chi connectivity index (χ0) is 14.2. The monoisotopic (exact) mass is 274 g/mol. The quantitative estimate of drug-likeness (QED) is 0.688. The molecule has 1 nitrogen and oxygen atoms in total. The zero-order valence-electron chi connectivity index (χ0n) is 13.0. The number of benzene rings is 1. The minimum Gasteiger partial charge on any atom is -0.396 e. The second kappa shape index (κ2) is 8.46. The van der Waals surface area contributed by atoms with Crippen LogP contribution in [0.2, 0.25) is 0 Å². The normalized spacial score (nSPS) is 22.9. The highest BCUT2D eigenvalue weighted by Gasteiger charge is 2.21. The summed E-state index contributed by atoms with van der Waals surface area (Å²) in [6.07, 6.45) is 12.0. The van der Waals surface area contributed by atoms with E-state index in [-0.39, 0.29) is 6.61 Å². The van der Waals surface area contributed by atoms with Crippen LogP contribution in [0, 0.1) is 5.92 Å². The second-order valence-corrected chi connectivity index (χ2v) is 6.43. The number of rotatable bonds is 7. The molecular weight excluding hydrogens is 244 g/mol. The van der Waals surface area contributed by atoms with Crippen molar-refractivity contribution in [3.8, 4) is 0 Å². The highest BCUT2D eigenvalue weighted by atomic mass is 16.2. The molecule has 0 aliphatic heterocycles. The molecule has 0 unspecified atom stereocenters. The molecule has 0 saturated heterocycles. The fourth-order valence-electron chi connectivity index (χ4n) is 3.55. The van der Waals surface area contributed by atoms with Crippen LogP contribution in [0.5, 0.6) is 0 Å². The molecule has 1 heteroatoms. The van der Waals surface area contributed by atoms with Gasteiger partial charge in [-0.15, -0.1) is 0 Å². The zero-order valence-corrected chi connectivity index (χ0v) is 13.0. The SMILES string of the molecule is CCCCC[C@H]1CC[C@H](c2ccc(CCO)cc2)CC1. The topological polar surface area (TPSA) is 20.2 Å². The Labute approximate surface area is 124 Å². The summed E-state index contributed by atoms with van der Waals surface area (Å²) in [4.78, 5) is 0. The fourth-order valence-corrected chi connectivity index (χ4v) is 3.55. The van der Waals surface area contributed by atoms with Crippen molar-refractivity contribution in [1.82, 2.24) is 0 Å². The van der Waals surface area contributed by atoms with E-state index in [2.05, 4.69) is 31.2 Å². The lowest BCUT2D eigenvalue weighted by Gasteiger charge is -2.29. The molecule has 1 aliphatic rings. The molecule has 0 atom stereocenters. The van der Waals surface area contributed by atoms with Crippen LogP contribution in [-0.2, 0) is 6.42 Å². The van der Waals surface area contributed by atoms with E-state index in [1.165, 1.54) is 62.5 Å². The summed E-state index contributed by atoms with van der Waals surface area (Å²) in [5.41, 5.74) is 2.77. The van der Waals surface area contributed by atoms with Gasteiger partial charge in [0.15, 0.2) is 0 Å². The molecule has 2 rings (SSSR count). The lowest BCUT2D eigenvalue weighted by Crippen LogP contribution is -2.13. The van der Waals surface area contributed by atoms with Gasteiger partial charge in [-0.25, -0.2) is 0 Å². The first-order valence-corrected chi connectivity index (χ1v) is 8.53. The molecule has 1 aliphatic carbocycles. The maximum absolute atomic E-state index is 8.96. The predicted molar refractivity (Wildman–Crippen MR) is 86.1 cm³/mol. The number of aliphatic hydroxyl groups is 1. The molecule has 0 spiro atoms. The molecule has 0 bridgehead atoms. The third-order valence-corrected chi connectivity index (χ3v) is 4.91. The van der Waals surface area contributed by atoms with Crippen LogP contribution in [-0.4, -0.2) is 11.7 Å². The van der Waals surface area contributed by atoms with Gasteiger partial charge < -0.3 is 5.11 Å². The Hall–Kier alpha value is -0.820. The Morgan fingerprint density at radius 2 is 1.70 bits per heavy atom. The minimum atomic E-state index is 0.252. The molecule has 1 saturated carbocycles. The van der Waals surface area contributed by atoms with Crippen molar-refractivity contribution in [2.75, 3.05) is 6.61 Å². The van der Waals surface area contributed by atoms with Gasteiger partial charge in [-0.05, 0) is 55.1 Å². The van der Waals surface area contributed by atoms with E-state index in [4.69, 9.17) is 5.11 Å². The number of unbranched alkanes of at least 4 members (excludes halogenated alkanes) is 2. The smallest absolute Gasteiger partial charge is 0.0471 e. The van der Waals surface area contributed by atoms with Crippen molar-refractivity contribution < 1.29 is 5.11 Å². The molecule has 0 amide bonds. The van der Waals surface area contributed by atoms with Crippen molar-refractivity contribution in [3.05, 3.63) is 35.4 Å². The Bertz CT molecular complexity index is 360. The van der Waals surface area contributed by atoms with Gasteiger partial charge in [-0.3, -0.25) is 0 Å². The molecular formula is C19H30O. The van der Waals surface area contributed by atoms with Crippen LogP contribution < -0.4 is 0 Å². The van der Waals surface area contributed by atoms with Gasteiger partial charge in [0.2, 0.25) is 0 Å². The average Bonchev–Trinajstić information content (AvgIpc) is 2.49. The predicted octanol–water partition coefficient (Wildman–Crippen LogP) is 5.08. The summed E-state index contributed by atoms with van der Waals surface area (Å²) in [5.74, 6) is 1.77. The third-order valence-electron chi connectivity index (χ3n) is 4.91. The van der Waals surface area contributed by atoms with Crippen molar-refractivity contribution in [3.63, 3.8) is 0 Å². The van der Waals surface area contributed by atoms with Crippen molar-refractivity contribution >= 4 is 0 Å². The molecule has 1 N–H and O–H groups in total. The molecule has 20 heavy (non-hydrogen) atoms. The molecule has 1 aromatic rings. The second-order valence-electron chi connectivity index (χ2n) is 6.43. The van der Waals surface area contributed by atoms with Gasteiger partial charge in [-0.2, -0.15) is 0 Å². The standard InChI is InChI=1S/C19H30O/c1-2-3-4-5-16-6-10-18(11-7-16)19-12-8-17(9-13-19)14-15-20/h8-9,12-13,16,18,20H,2-7,10-11,14-15H2,1H3/t16-,18-. The highest BCUT2D eigenvalue weighted by molar-refractivity contribution is 5.25. The maximum atomic E-state index is 8.96. The van der Waals surface area contributed by atoms with E-state index in [0.29, 0.717) is 0 Å². The minimum absolute atomic E-state index is 0.252. The van der Waals surface area contributed by atoms with Crippen LogP contribution in [0.15, 0.2) is 24.3 Å². The first-order valence-electron chi connectivity index (χ1n) is 8.53. The average molecular weight is 274 g/mol. The Balaban J connectivity index is 1.78. The van der Waals surface area contributed by atoms with Crippen LogP contribution in [0.1, 0.15) is 75.3 Å². The summed E-state index contributed by atoms with van der Waals surface area (Å²) >= 11 is 0. The first-order chi connectivity index (χ1) is 9.83. The van der Waals surface area contributed by atoms with E-state index >= 15 is 0 Å². The molecule has 112 valence electrons. The fraction of sp³-hybridized carbons (Fsp3) is 0.684. The summed E-state index contributed by atoms with van der Waals surface area (Å²) in [5, 5.41) is 8.96. The van der Waals surface area contributed by atoms with E-state index in [9.17, 15) is 0 Å². The van der Waals surface area contributed by atoms with E-state index in [1.54, 1.807) is 0 Å². The van der Waals surface area contributed by atoms with Gasteiger partial charge in [0, 0.05) is 6.61 Å². The summed E-state index contributed by atoms with van der Waals surface area (Å²) in [6, 6.07) is 8.96. The van der Waals surface area contributed by atoms with E-state index in [1.807, 2.05) is 0 Å². The van der Waals surface area contributed by atoms with Gasteiger partial charge in [0.1, 0.15) is 0 Å². The Morgan fingerprint density at radius 3 is 2.30 bits per heavy atom. The number of hydrogen-bond donors (Lipinski definition) is 1. The third kappa shape index (κ3) is 4.63. The maximum Gasteiger partial charge on any atom is 0.0471 e. The van der Waals surface area contributed by atoms with E-state index < -0.39 is 0 Å². The Kier molecular flexibility index (Phi) is 6.59. The lowest BCUT2D eigenvalue weighted by atomic mass is 9.77.